The first-order valence-electron chi connectivity index (χ1n) is 6.72. The summed E-state index contributed by atoms with van der Waals surface area (Å²) >= 11 is 0. The highest BCUT2D eigenvalue weighted by Crippen LogP contribution is 2.24. The minimum Gasteiger partial charge on any atom is -0.310 e. The second-order valence-electron chi connectivity index (χ2n) is 5.43. The lowest BCUT2D eigenvalue weighted by Gasteiger charge is -2.28. The SMILES string of the molecule is CS(=O)(=O)C1CCCC(NCc2cc(F)ccc2F)C1. The van der Waals surface area contributed by atoms with Gasteiger partial charge in [-0.2, -0.15) is 0 Å². The summed E-state index contributed by atoms with van der Waals surface area (Å²) in [5, 5.41) is 2.81. The average Bonchev–Trinajstić information content (AvgIpc) is 2.39. The van der Waals surface area contributed by atoms with Crippen molar-refractivity contribution in [1.29, 1.82) is 0 Å². The maximum atomic E-state index is 13.5. The molecule has 0 aromatic heterocycles. The van der Waals surface area contributed by atoms with E-state index in [1.165, 1.54) is 12.3 Å². The van der Waals surface area contributed by atoms with Crippen molar-refractivity contribution in [1.82, 2.24) is 5.32 Å². The molecular weight excluding hydrogens is 284 g/mol. The zero-order valence-corrected chi connectivity index (χ0v) is 12.2. The van der Waals surface area contributed by atoms with Crippen molar-refractivity contribution < 1.29 is 17.2 Å². The van der Waals surface area contributed by atoms with E-state index in [4.69, 9.17) is 0 Å². The summed E-state index contributed by atoms with van der Waals surface area (Å²) in [5.41, 5.74) is 0.270. The van der Waals surface area contributed by atoms with E-state index < -0.39 is 21.5 Å². The van der Waals surface area contributed by atoms with Crippen LogP contribution in [0.3, 0.4) is 0 Å². The third kappa shape index (κ3) is 3.99. The van der Waals surface area contributed by atoms with Crippen molar-refractivity contribution in [3.05, 3.63) is 35.4 Å². The molecular formula is C14H19F2NO2S. The van der Waals surface area contributed by atoms with Crippen molar-refractivity contribution in [3.63, 3.8) is 0 Å². The highest BCUT2D eigenvalue weighted by Gasteiger charge is 2.28. The number of hydrogen-bond acceptors (Lipinski definition) is 3. The number of nitrogens with one attached hydrogen (secondary N) is 1. The highest BCUT2D eigenvalue weighted by atomic mass is 32.2. The summed E-state index contributed by atoms with van der Waals surface area (Å²) in [7, 11) is -3.03. The maximum absolute atomic E-state index is 13.5. The van der Waals surface area contributed by atoms with E-state index in [1.54, 1.807) is 0 Å². The zero-order chi connectivity index (χ0) is 14.8. The summed E-state index contributed by atoms with van der Waals surface area (Å²) in [5.74, 6) is -0.921. The van der Waals surface area contributed by atoms with Crippen LogP contribution < -0.4 is 5.32 Å². The van der Waals surface area contributed by atoms with Crippen LogP contribution in [0, 0.1) is 11.6 Å². The predicted molar refractivity (Wildman–Crippen MR) is 74.1 cm³/mol. The van der Waals surface area contributed by atoms with E-state index in [-0.39, 0.29) is 23.4 Å². The minimum absolute atomic E-state index is 0.0335. The van der Waals surface area contributed by atoms with Gasteiger partial charge in [0.1, 0.15) is 21.5 Å². The van der Waals surface area contributed by atoms with Gasteiger partial charge in [-0.3, -0.25) is 0 Å². The summed E-state index contributed by atoms with van der Waals surface area (Å²) in [4.78, 5) is 0. The van der Waals surface area contributed by atoms with Gasteiger partial charge in [0.15, 0.2) is 0 Å². The molecule has 0 aliphatic heterocycles. The number of sulfone groups is 1. The van der Waals surface area contributed by atoms with Crippen molar-refractivity contribution >= 4 is 9.84 Å². The van der Waals surface area contributed by atoms with Gasteiger partial charge < -0.3 is 5.32 Å². The Balaban J connectivity index is 1.95. The number of hydrogen-bond donors (Lipinski definition) is 1. The fourth-order valence-corrected chi connectivity index (χ4v) is 3.83. The van der Waals surface area contributed by atoms with Crippen molar-refractivity contribution in [2.45, 2.75) is 43.5 Å². The topological polar surface area (TPSA) is 46.2 Å². The molecule has 1 N–H and O–H groups in total. The van der Waals surface area contributed by atoms with Crippen LogP contribution in [0.2, 0.25) is 0 Å². The lowest BCUT2D eigenvalue weighted by atomic mass is 9.95. The Kier molecular flexibility index (Phi) is 4.75. The molecule has 1 saturated carbocycles. The lowest BCUT2D eigenvalue weighted by Crippen LogP contribution is -2.38. The van der Waals surface area contributed by atoms with Crippen molar-refractivity contribution in [3.8, 4) is 0 Å². The first kappa shape index (κ1) is 15.4. The van der Waals surface area contributed by atoms with Crippen LogP contribution in [0.1, 0.15) is 31.2 Å². The standard InChI is InChI=1S/C14H19F2NO2S/c1-20(18,19)13-4-2-3-12(8-13)17-9-10-7-11(15)5-6-14(10)16/h5-7,12-13,17H,2-4,8-9H2,1H3. The maximum Gasteiger partial charge on any atom is 0.150 e. The Morgan fingerprint density at radius 3 is 2.75 bits per heavy atom. The van der Waals surface area contributed by atoms with E-state index in [1.807, 2.05) is 0 Å². The van der Waals surface area contributed by atoms with Gasteiger partial charge >= 0.3 is 0 Å². The lowest BCUT2D eigenvalue weighted by molar-refractivity contribution is 0.368. The molecule has 1 aromatic rings. The van der Waals surface area contributed by atoms with Gasteiger partial charge in [-0.05, 0) is 37.5 Å². The number of benzene rings is 1. The molecule has 0 saturated heterocycles. The first-order valence-corrected chi connectivity index (χ1v) is 8.68. The molecule has 112 valence electrons. The van der Waals surface area contributed by atoms with E-state index in [2.05, 4.69) is 5.32 Å². The van der Waals surface area contributed by atoms with Crippen LogP contribution >= 0.6 is 0 Å². The third-order valence-corrected chi connectivity index (χ3v) is 5.46. The van der Waals surface area contributed by atoms with Gasteiger partial charge in [-0.15, -0.1) is 0 Å². The summed E-state index contributed by atoms with van der Waals surface area (Å²) in [6, 6.07) is 3.39. The Hall–Kier alpha value is -1.01. The molecule has 2 atom stereocenters. The Labute approximate surface area is 118 Å². The minimum atomic E-state index is -3.03. The van der Waals surface area contributed by atoms with Crippen LogP contribution in [0.5, 0.6) is 0 Å². The van der Waals surface area contributed by atoms with Gasteiger partial charge in [0.2, 0.25) is 0 Å². The molecule has 0 radical (unpaired) electrons. The largest absolute Gasteiger partial charge is 0.310 e. The Bertz CT molecular complexity index is 575. The van der Waals surface area contributed by atoms with E-state index >= 15 is 0 Å². The van der Waals surface area contributed by atoms with Crippen molar-refractivity contribution in [2.75, 3.05) is 6.26 Å². The molecule has 0 heterocycles. The van der Waals surface area contributed by atoms with E-state index in [9.17, 15) is 17.2 Å². The molecule has 20 heavy (non-hydrogen) atoms. The predicted octanol–water partition coefficient (Wildman–Crippen LogP) is 2.41. The number of rotatable bonds is 4. The molecule has 1 aromatic carbocycles. The Morgan fingerprint density at radius 2 is 2.05 bits per heavy atom. The smallest absolute Gasteiger partial charge is 0.150 e. The van der Waals surface area contributed by atoms with Crippen molar-refractivity contribution in [2.24, 2.45) is 0 Å². The highest BCUT2D eigenvalue weighted by molar-refractivity contribution is 7.91. The average molecular weight is 303 g/mol. The molecule has 2 unspecified atom stereocenters. The van der Waals surface area contributed by atoms with Gasteiger partial charge in [-0.1, -0.05) is 6.42 Å². The molecule has 3 nitrogen and oxygen atoms in total. The molecule has 0 bridgehead atoms. The van der Waals surface area contributed by atoms with Gasteiger partial charge in [0.25, 0.3) is 0 Å². The molecule has 0 amide bonds. The molecule has 0 spiro atoms. The van der Waals surface area contributed by atoms with Gasteiger partial charge in [-0.25, -0.2) is 17.2 Å². The summed E-state index contributed by atoms with van der Waals surface area (Å²) < 4.78 is 49.7. The quantitative estimate of drug-likeness (QED) is 0.929. The first-order chi connectivity index (χ1) is 9.36. The third-order valence-electron chi connectivity index (χ3n) is 3.82. The number of halogens is 2. The zero-order valence-electron chi connectivity index (χ0n) is 11.4. The monoisotopic (exact) mass is 303 g/mol. The molecule has 1 fully saturated rings. The Morgan fingerprint density at radius 1 is 1.30 bits per heavy atom. The van der Waals surface area contributed by atoms with Gasteiger partial charge in [0, 0.05) is 24.4 Å². The molecule has 6 heteroatoms. The molecule has 1 aliphatic rings. The van der Waals surface area contributed by atoms with Gasteiger partial charge in [0.05, 0.1) is 5.25 Å². The van der Waals surface area contributed by atoms with Crippen LogP contribution in [-0.4, -0.2) is 26.0 Å². The second kappa shape index (κ2) is 6.18. The fourth-order valence-electron chi connectivity index (χ4n) is 2.65. The fraction of sp³-hybridized carbons (Fsp3) is 0.571. The van der Waals surface area contributed by atoms with Crippen LogP contribution in [0.25, 0.3) is 0 Å². The normalized spacial score (nSPS) is 23.8. The second-order valence-corrected chi connectivity index (χ2v) is 7.76. The molecule has 1 aliphatic carbocycles. The van der Waals surface area contributed by atoms with E-state index in [0.29, 0.717) is 12.8 Å². The van der Waals surface area contributed by atoms with E-state index in [0.717, 1.165) is 25.0 Å². The van der Waals surface area contributed by atoms with Crippen LogP contribution in [0.4, 0.5) is 8.78 Å². The summed E-state index contributed by atoms with van der Waals surface area (Å²) in [6.07, 6.45) is 4.18. The molecule has 2 rings (SSSR count). The van der Waals surface area contributed by atoms with Crippen LogP contribution in [-0.2, 0) is 16.4 Å². The summed E-state index contributed by atoms with van der Waals surface area (Å²) in [6.45, 7) is 0.213. The van der Waals surface area contributed by atoms with Crippen LogP contribution in [0.15, 0.2) is 18.2 Å².